The molecule has 0 saturated heterocycles. The molecule has 6 heteroatoms. The molecule has 0 aliphatic carbocycles. The monoisotopic (exact) mass is 373 g/mol. The minimum atomic E-state index is 0.0992. The van der Waals surface area contributed by atoms with E-state index < -0.39 is 0 Å². The zero-order chi connectivity index (χ0) is 19.8. The van der Waals surface area contributed by atoms with Crippen LogP contribution in [0.15, 0.2) is 18.2 Å². The Hall–Kier alpha value is -2.50. The molecule has 0 spiro atoms. The topological polar surface area (TPSA) is 65.5 Å². The Bertz CT molecular complexity index is 748. The summed E-state index contributed by atoms with van der Waals surface area (Å²) >= 11 is 0. The van der Waals surface area contributed by atoms with Crippen LogP contribution in [0.3, 0.4) is 0 Å². The first-order valence-electron chi connectivity index (χ1n) is 9.54. The molecule has 0 atom stereocenters. The number of hydrogen-bond donors (Lipinski definition) is 1. The van der Waals surface area contributed by atoms with E-state index in [0.29, 0.717) is 24.1 Å². The van der Waals surface area contributed by atoms with Crippen LogP contribution in [0.1, 0.15) is 45.7 Å². The van der Waals surface area contributed by atoms with Crippen molar-refractivity contribution in [3.8, 4) is 28.6 Å². The van der Waals surface area contributed by atoms with Gasteiger partial charge in [-0.15, -0.1) is 0 Å². The van der Waals surface area contributed by atoms with Crippen LogP contribution in [0, 0.1) is 6.92 Å². The van der Waals surface area contributed by atoms with Crippen molar-refractivity contribution in [3.63, 3.8) is 0 Å². The summed E-state index contributed by atoms with van der Waals surface area (Å²) in [5.74, 6) is 2.62. The lowest BCUT2D eigenvalue weighted by Crippen LogP contribution is -2.08. The van der Waals surface area contributed by atoms with Crippen molar-refractivity contribution in [1.82, 2.24) is 9.97 Å². The fourth-order valence-electron chi connectivity index (χ4n) is 2.75. The number of benzene rings is 1. The summed E-state index contributed by atoms with van der Waals surface area (Å²) in [6.07, 6.45) is 3.40. The smallest absolute Gasteiger partial charge is 0.257 e. The Labute approximate surface area is 162 Å². The average Bonchev–Trinajstić information content (AvgIpc) is 2.65. The molecule has 1 aromatic heterocycles. The number of aryl methyl sites for hydroxylation is 1. The number of hydrogen-bond acceptors (Lipinski definition) is 6. The zero-order valence-electron chi connectivity index (χ0n) is 17.3. The van der Waals surface area contributed by atoms with E-state index >= 15 is 0 Å². The van der Waals surface area contributed by atoms with Crippen LogP contribution in [-0.4, -0.2) is 36.8 Å². The molecule has 0 radical (unpaired) electrons. The third-order valence-corrected chi connectivity index (χ3v) is 4.06. The summed E-state index contributed by atoms with van der Waals surface area (Å²) in [7, 11) is 3.46. The van der Waals surface area contributed by atoms with Crippen molar-refractivity contribution in [3.05, 3.63) is 23.9 Å². The maximum Gasteiger partial charge on any atom is 0.257 e. The van der Waals surface area contributed by atoms with Crippen LogP contribution in [0.4, 0.5) is 5.82 Å². The lowest BCUT2D eigenvalue weighted by Gasteiger charge is -2.16. The summed E-state index contributed by atoms with van der Waals surface area (Å²) < 4.78 is 17.2. The van der Waals surface area contributed by atoms with Crippen molar-refractivity contribution in [2.24, 2.45) is 0 Å². The van der Waals surface area contributed by atoms with Crippen LogP contribution in [0.2, 0.25) is 0 Å². The summed E-state index contributed by atoms with van der Waals surface area (Å²) in [5.41, 5.74) is 2.41. The fraction of sp³-hybridized carbons (Fsp3) is 0.524. The number of nitrogens with zero attached hydrogens (tertiary/aromatic N) is 2. The van der Waals surface area contributed by atoms with E-state index in [1.807, 2.05) is 46.0 Å². The average molecular weight is 373 g/mol. The van der Waals surface area contributed by atoms with Gasteiger partial charge < -0.3 is 19.5 Å². The lowest BCUT2D eigenvalue weighted by molar-refractivity contribution is 0.241. The molecule has 0 aliphatic heterocycles. The highest BCUT2D eigenvalue weighted by Crippen LogP contribution is 2.36. The number of unbranched alkanes of at least 4 members (excludes halogenated alkanes) is 2. The summed E-state index contributed by atoms with van der Waals surface area (Å²) in [6, 6.07) is 5.76. The van der Waals surface area contributed by atoms with E-state index in [0.717, 1.165) is 42.0 Å². The Morgan fingerprint density at radius 1 is 1.15 bits per heavy atom. The standard InChI is InChI=1S/C21H31N3O3/c1-7-8-9-12-26-21-20(22-5)24-19(15(4)23-21)17-11-10-16(27-14(2)3)13-18(17)25-6/h10-11,13-14H,7-9,12H2,1-6H3,(H,22,24). The second-order valence-corrected chi connectivity index (χ2v) is 6.65. The molecule has 1 heterocycles. The first kappa shape index (κ1) is 20.8. The first-order chi connectivity index (χ1) is 13.0. The largest absolute Gasteiger partial charge is 0.496 e. The molecule has 0 fully saturated rings. The molecular weight excluding hydrogens is 342 g/mol. The SMILES string of the molecule is CCCCCOc1nc(C)c(-c2ccc(OC(C)C)cc2OC)nc1NC. The molecule has 2 rings (SSSR count). The van der Waals surface area contributed by atoms with E-state index in [2.05, 4.69) is 17.2 Å². The quantitative estimate of drug-likeness (QED) is 0.600. The van der Waals surface area contributed by atoms with Gasteiger partial charge >= 0.3 is 0 Å². The van der Waals surface area contributed by atoms with Gasteiger partial charge in [0, 0.05) is 18.7 Å². The minimum Gasteiger partial charge on any atom is -0.496 e. The van der Waals surface area contributed by atoms with Crippen molar-refractivity contribution < 1.29 is 14.2 Å². The predicted octanol–water partition coefficient (Wildman–Crippen LogP) is 4.86. The van der Waals surface area contributed by atoms with Crippen molar-refractivity contribution >= 4 is 5.82 Å². The molecule has 0 bridgehead atoms. The van der Waals surface area contributed by atoms with Gasteiger partial charge in [-0.3, -0.25) is 0 Å². The number of anilines is 1. The normalized spacial score (nSPS) is 10.8. The number of rotatable bonds is 10. The van der Waals surface area contributed by atoms with Crippen LogP contribution < -0.4 is 19.5 Å². The number of aromatic nitrogens is 2. The number of ether oxygens (including phenoxy) is 3. The highest BCUT2D eigenvalue weighted by Gasteiger charge is 2.17. The van der Waals surface area contributed by atoms with Crippen LogP contribution in [-0.2, 0) is 0 Å². The summed E-state index contributed by atoms with van der Waals surface area (Å²) in [4.78, 5) is 9.37. The maximum atomic E-state index is 5.83. The van der Waals surface area contributed by atoms with Gasteiger partial charge in [-0.25, -0.2) is 9.97 Å². The van der Waals surface area contributed by atoms with E-state index in [1.54, 1.807) is 7.11 Å². The third kappa shape index (κ3) is 5.49. The molecule has 1 N–H and O–H groups in total. The number of nitrogens with one attached hydrogen (secondary N) is 1. The van der Waals surface area contributed by atoms with Crippen LogP contribution in [0.25, 0.3) is 11.3 Å². The fourth-order valence-corrected chi connectivity index (χ4v) is 2.75. The maximum absolute atomic E-state index is 5.83. The van der Waals surface area contributed by atoms with Crippen LogP contribution >= 0.6 is 0 Å². The van der Waals surface area contributed by atoms with Gasteiger partial charge in [0.05, 0.1) is 31.2 Å². The molecule has 0 unspecified atom stereocenters. The third-order valence-electron chi connectivity index (χ3n) is 4.06. The number of methoxy groups -OCH3 is 1. The molecule has 0 saturated carbocycles. The summed E-state index contributed by atoms with van der Waals surface area (Å²) in [5, 5.41) is 3.08. The Morgan fingerprint density at radius 3 is 2.56 bits per heavy atom. The molecule has 0 amide bonds. The van der Waals surface area contributed by atoms with Gasteiger partial charge in [0.15, 0.2) is 5.82 Å². The van der Waals surface area contributed by atoms with Gasteiger partial charge in [0.2, 0.25) is 0 Å². The van der Waals surface area contributed by atoms with Gasteiger partial charge in [-0.2, -0.15) is 0 Å². The molecule has 2 aromatic rings. The summed E-state index contributed by atoms with van der Waals surface area (Å²) in [6.45, 7) is 8.73. The van der Waals surface area contributed by atoms with Crippen molar-refractivity contribution in [2.75, 3.05) is 26.1 Å². The van der Waals surface area contributed by atoms with E-state index in [-0.39, 0.29) is 6.10 Å². The second-order valence-electron chi connectivity index (χ2n) is 6.65. The van der Waals surface area contributed by atoms with Gasteiger partial charge in [0.25, 0.3) is 5.88 Å². The molecule has 148 valence electrons. The first-order valence-corrected chi connectivity index (χ1v) is 9.54. The minimum absolute atomic E-state index is 0.0992. The molecule has 27 heavy (non-hydrogen) atoms. The lowest BCUT2D eigenvalue weighted by atomic mass is 10.1. The molecule has 0 aliphatic rings. The van der Waals surface area contributed by atoms with Gasteiger partial charge in [0.1, 0.15) is 11.5 Å². The van der Waals surface area contributed by atoms with Gasteiger partial charge in [-0.1, -0.05) is 19.8 Å². The zero-order valence-corrected chi connectivity index (χ0v) is 17.3. The second kappa shape index (κ2) is 10.00. The molecule has 1 aromatic carbocycles. The van der Waals surface area contributed by atoms with E-state index in [9.17, 15) is 0 Å². The Balaban J connectivity index is 2.35. The van der Waals surface area contributed by atoms with E-state index in [4.69, 9.17) is 19.2 Å². The molecular formula is C21H31N3O3. The van der Waals surface area contributed by atoms with Crippen molar-refractivity contribution in [1.29, 1.82) is 0 Å². The van der Waals surface area contributed by atoms with Crippen molar-refractivity contribution in [2.45, 2.75) is 53.1 Å². The highest BCUT2D eigenvalue weighted by molar-refractivity contribution is 5.72. The molecule has 6 nitrogen and oxygen atoms in total. The van der Waals surface area contributed by atoms with Gasteiger partial charge in [-0.05, 0) is 39.3 Å². The van der Waals surface area contributed by atoms with E-state index in [1.165, 1.54) is 0 Å². The van der Waals surface area contributed by atoms with Crippen LogP contribution in [0.5, 0.6) is 17.4 Å². The Morgan fingerprint density at radius 2 is 1.93 bits per heavy atom. The predicted molar refractivity (Wildman–Crippen MR) is 109 cm³/mol. The highest BCUT2D eigenvalue weighted by atomic mass is 16.5. The Kier molecular flexibility index (Phi) is 7.70.